The van der Waals surface area contributed by atoms with Gasteiger partial charge in [-0.05, 0) is 34.7 Å². The number of carboxylic acid groups (broad SMARTS) is 1. The molecule has 0 aliphatic carbocycles. The topological polar surface area (TPSA) is 58.6 Å². The molecule has 6 heteroatoms. The van der Waals surface area contributed by atoms with Gasteiger partial charge in [0, 0.05) is 9.64 Å². The molecule has 0 heterocycles. The van der Waals surface area contributed by atoms with Crippen LogP contribution in [0.1, 0.15) is 0 Å². The van der Waals surface area contributed by atoms with E-state index in [0.717, 1.165) is 0 Å². The van der Waals surface area contributed by atoms with Gasteiger partial charge in [0.2, 0.25) is 0 Å². The fourth-order valence-electron chi connectivity index (χ4n) is 0.893. The Kier molecular flexibility index (Phi) is 4.60. The van der Waals surface area contributed by atoms with Crippen molar-refractivity contribution in [3.63, 3.8) is 0 Å². The molecule has 0 unspecified atom stereocenters. The highest BCUT2D eigenvalue weighted by atomic mass is 127. The van der Waals surface area contributed by atoms with Crippen LogP contribution in [-0.2, 0) is 0 Å². The van der Waals surface area contributed by atoms with Gasteiger partial charge in [-0.15, -0.1) is 0 Å². The molecule has 0 bridgehead atoms. The van der Waals surface area contributed by atoms with Crippen LogP contribution in [0.4, 0.5) is 9.18 Å². The second-order valence-electron chi connectivity index (χ2n) is 2.66. The quantitative estimate of drug-likeness (QED) is 0.658. The normalized spacial score (nSPS) is 9.73. The highest BCUT2D eigenvalue weighted by molar-refractivity contribution is 14.1. The predicted octanol–water partition coefficient (Wildman–Crippen LogP) is 2.08. The molecule has 0 saturated heterocycles. The van der Waals surface area contributed by atoms with E-state index in [9.17, 15) is 9.18 Å². The summed E-state index contributed by atoms with van der Waals surface area (Å²) in [5.41, 5.74) is 0. The first-order valence-corrected chi connectivity index (χ1v) is 5.22. The first kappa shape index (κ1) is 12.0. The fraction of sp³-hybridized carbons (Fsp3) is 0.222. The van der Waals surface area contributed by atoms with Crippen molar-refractivity contribution in [3.05, 3.63) is 27.6 Å². The van der Waals surface area contributed by atoms with E-state index in [1.165, 1.54) is 6.07 Å². The van der Waals surface area contributed by atoms with E-state index in [2.05, 4.69) is 5.32 Å². The molecule has 0 fully saturated rings. The van der Waals surface area contributed by atoms with E-state index < -0.39 is 6.09 Å². The Labute approximate surface area is 99.6 Å². The third kappa shape index (κ3) is 4.32. The lowest BCUT2D eigenvalue weighted by atomic mass is 10.3. The Balaban J connectivity index is 2.38. The van der Waals surface area contributed by atoms with E-state index in [1.807, 2.05) is 22.6 Å². The largest absolute Gasteiger partial charge is 0.492 e. The van der Waals surface area contributed by atoms with E-state index in [4.69, 9.17) is 9.84 Å². The highest BCUT2D eigenvalue weighted by Gasteiger charge is 2.01. The molecular weight excluding hydrogens is 316 g/mol. The summed E-state index contributed by atoms with van der Waals surface area (Å²) in [5.74, 6) is 0.0411. The van der Waals surface area contributed by atoms with Crippen LogP contribution in [-0.4, -0.2) is 24.4 Å². The number of halogens is 2. The number of rotatable bonds is 4. The predicted molar refractivity (Wildman–Crippen MR) is 60.6 cm³/mol. The van der Waals surface area contributed by atoms with Crippen molar-refractivity contribution in [2.45, 2.75) is 0 Å². The molecule has 0 radical (unpaired) electrons. The van der Waals surface area contributed by atoms with Crippen molar-refractivity contribution in [3.8, 4) is 5.75 Å². The van der Waals surface area contributed by atoms with Gasteiger partial charge in [-0.1, -0.05) is 0 Å². The molecule has 0 aliphatic heterocycles. The maximum atomic E-state index is 13.0. The van der Waals surface area contributed by atoms with E-state index >= 15 is 0 Å². The van der Waals surface area contributed by atoms with Crippen LogP contribution in [0.15, 0.2) is 18.2 Å². The number of ether oxygens (including phenoxy) is 1. The van der Waals surface area contributed by atoms with E-state index in [0.29, 0.717) is 9.32 Å². The van der Waals surface area contributed by atoms with Gasteiger partial charge in [0.15, 0.2) is 0 Å². The van der Waals surface area contributed by atoms with Gasteiger partial charge in [-0.2, -0.15) is 0 Å². The minimum absolute atomic E-state index is 0.170. The van der Waals surface area contributed by atoms with Crippen molar-refractivity contribution in [1.29, 1.82) is 0 Å². The van der Waals surface area contributed by atoms with Crippen molar-refractivity contribution < 1.29 is 19.0 Å². The van der Waals surface area contributed by atoms with Crippen LogP contribution in [0, 0.1) is 9.39 Å². The molecule has 2 N–H and O–H groups in total. The number of benzene rings is 1. The number of nitrogens with one attached hydrogen (secondary N) is 1. The number of hydrogen-bond donors (Lipinski definition) is 2. The van der Waals surface area contributed by atoms with E-state index in [1.54, 1.807) is 12.1 Å². The van der Waals surface area contributed by atoms with Crippen LogP contribution in [0.25, 0.3) is 0 Å². The molecule has 0 atom stereocenters. The number of amides is 1. The van der Waals surface area contributed by atoms with Crippen molar-refractivity contribution in [2.75, 3.05) is 13.2 Å². The Morgan fingerprint density at radius 2 is 2.33 bits per heavy atom. The average Bonchev–Trinajstić information content (AvgIpc) is 2.18. The lowest BCUT2D eigenvalue weighted by Crippen LogP contribution is -2.26. The van der Waals surface area contributed by atoms with Gasteiger partial charge in [0.1, 0.15) is 18.2 Å². The summed E-state index contributed by atoms with van der Waals surface area (Å²) in [4.78, 5) is 10.1. The Hall–Kier alpha value is -1.05. The first-order chi connectivity index (χ1) is 7.09. The Morgan fingerprint density at radius 3 is 2.93 bits per heavy atom. The summed E-state index contributed by atoms with van der Waals surface area (Å²) in [6, 6.07) is 4.49. The van der Waals surface area contributed by atoms with Crippen LogP contribution < -0.4 is 10.1 Å². The second-order valence-corrected chi connectivity index (χ2v) is 3.82. The van der Waals surface area contributed by atoms with Gasteiger partial charge in [-0.25, -0.2) is 9.18 Å². The summed E-state index contributed by atoms with van der Waals surface area (Å²) >= 11 is 1.87. The van der Waals surface area contributed by atoms with Crippen LogP contribution in [0.5, 0.6) is 5.75 Å². The molecule has 1 aromatic rings. The third-order valence-corrected chi connectivity index (χ3v) is 2.41. The van der Waals surface area contributed by atoms with Gasteiger partial charge in [0.05, 0.1) is 6.54 Å². The molecule has 0 aliphatic rings. The molecule has 0 saturated carbocycles. The first-order valence-electron chi connectivity index (χ1n) is 4.14. The molecule has 82 valence electrons. The zero-order chi connectivity index (χ0) is 11.3. The summed E-state index contributed by atoms with van der Waals surface area (Å²) in [5, 5.41) is 10.4. The van der Waals surface area contributed by atoms with Crippen molar-refractivity contribution in [2.24, 2.45) is 0 Å². The fourth-order valence-corrected chi connectivity index (χ4v) is 1.23. The smallest absolute Gasteiger partial charge is 0.404 e. The van der Waals surface area contributed by atoms with Crippen molar-refractivity contribution >= 4 is 28.7 Å². The number of carbonyl (C=O) groups is 1. The molecule has 1 aromatic carbocycles. The van der Waals surface area contributed by atoms with Gasteiger partial charge in [-0.3, -0.25) is 0 Å². The Morgan fingerprint density at radius 1 is 1.60 bits per heavy atom. The number of hydrogen-bond acceptors (Lipinski definition) is 2. The second kappa shape index (κ2) is 5.74. The molecule has 15 heavy (non-hydrogen) atoms. The summed E-state index contributed by atoms with van der Waals surface area (Å²) < 4.78 is 18.7. The zero-order valence-electron chi connectivity index (χ0n) is 7.67. The summed E-state index contributed by atoms with van der Waals surface area (Å²) in [7, 11) is 0. The minimum Gasteiger partial charge on any atom is -0.492 e. The third-order valence-electron chi connectivity index (χ3n) is 1.54. The SMILES string of the molecule is O=C(O)NCCOc1ccc(I)c(F)c1. The molecular formula is C9H9FINO3. The van der Waals surface area contributed by atoms with Crippen LogP contribution in [0.3, 0.4) is 0 Å². The standard InChI is InChI=1S/C9H9FINO3/c10-7-5-6(1-2-8(7)11)15-4-3-12-9(13)14/h1-2,5,12H,3-4H2,(H,13,14). The Bertz CT molecular complexity index is 359. The van der Waals surface area contributed by atoms with Gasteiger partial charge < -0.3 is 15.2 Å². The molecule has 0 aromatic heterocycles. The minimum atomic E-state index is -1.10. The molecule has 1 amide bonds. The summed E-state index contributed by atoms with van der Waals surface area (Å²) in [6.45, 7) is 0.343. The lowest BCUT2D eigenvalue weighted by Gasteiger charge is -2.06. The summed E-state index contributed by atoms with van der Waals surface area (Å²) in [6.07, 6.45) is -1.10. The van der Waals surface area contributed by atoms with E-state index in [-0.39, 0.29) is 19.0 Å². The average molecular weight is 325 g/mol. The van der Waals surface area contributed by atoms with Crippen LogP contribution >= 0.6 is 22.6 Å². The maximum Gasteiger partial charge on any atom is 0.404 e. The molecule has 4 nitrogen and oxygen atoms in total. The van der Waals surface area contributed by atoms with Crippen LogP contribution in [0.2, 0.25) is 0 Å². The highest BCUT2D eigenvalue weighted by Crippen LogP contribution is 2.17. The van der Waals surface area contributed by atoms with Crippen molar-refractivity contribution in [1.82, 2.24) is 5.32 Å². The molecule has 0 spiro atoms. The maximum absolute atomic E-state index is 13.0. The zero-order valence-corrected chi connectivity index (χ0v) is 9.82. The van der Waals surface area contributed by atoms with Gasteiger partial charge in [0.25, 0.3) is 0 Å². The van der Waals surface area contributed by atoms with Gasteiger partial charge >= 0.3 is 6.09 Å². The molecule has 1 rings (SSSR count). The lowest BCUT2D eigenvalue weighted by molar-refractivity contribution is 0.191. The monoisotopic (exact) mass is 325 g/mol.